The summed E-state index contributed by atoms with van der Waals surface area (Å²) in [5.74, 6) is -1.80. The van der Waals surface area contributed by atoms with Gasteiger partial charge in [-0.15, -0.1) is 0 Å². The number of hydrazine groups is 1. The van der Waals surface area contributed by atoms with E-state index in [9.17, 15) is 27.2 Å². The standard InChI is InChI=1S/C23H18FN5O5S/c24-15-7-11-17(12-8-15)35(33,34)29-16-9-5-14(6-10-16)13-20(30)25-28-23(32)21-18-3-1-2-4-19(18)22(31)27-26-21/h1-12,29H,13H2,(H,25,30)(H,27,31)(H,28,32). The molecule has 2 amide bonds. The minimum atomic E-state index is -3.90. The number of aromatic nitrogens is 2. The van der Waals surface area contributed by atoms with Crippen LogP contribution in [0.3, 0.4) is 0 Å². The van der Waals surface area contributed by atoms with Crippen LogP contribution in [0.15, 0.2) is 82.5 Å². The highest BCUT2D eigenvalue weighted by Crippen LogP contribution is 2.17. The van der Waals surface area contributed by atoms with E-state index in [0.717, 1.165) is 24.3 Å². The zero-order valence-corrected chi connectivity index (χ0v) is 18.7. The second-order valence-electron chi connectivity index (χ2n) is 7.38. The monoisotopic (exact) mass is 495 g/mol. The molecule has 1 aromatic heterocycles. The van der Waals surface area contributed by atoms with Crippen LogP contribution >= 0.6 is 0 Å². The van der Waals surface area contributed by atoms with Crippen molar-refractivity contribution in [1.29, 1.82) is 0 Å². The molecule has 0 saturated carbocycles. The van der Waals surface area contributed by atoms with Gasteiger partial charge >= 0.3 is 0 Å². The number of aromatic amines is 1. The molecule has 0 unspecified atom stereocenters. The highest BCUT2D eigenvalue weighted by Gasteiger charge is 2.16. The third-order valence-corrected chi connectivity index (χ3v) is 6.32. The Morgan fingerprint density at radius 1 is 0.886 bits per heavy atom. The van der Waals surface area contributed by atoms with Crippen LogP contribution in [0.2, 0.25) is 0 Å². The number of nitrogens with one attached hydrogen (secondary N) is 4. The summed E-state index contributed by atoms with van der Waals surface area (Å²) in [5.41, 5.74) is 4.83. The van der Waals surface area contributed by atoms with Gasteiger partial charge in [-0.25, -0.2) is 17.9 Å². The van der Waals surface area contributed by atoms with Gasteiger partial charge in [-0.05, 0) is 48.0 Å². The third kappa shape index (κ3) is 5.50. The molecule has 0 aliphatic rings. The second-order valence-corrected chi connectivity index (χ2v) is 9.06. The summed E-state index contributed by atoms with van der Waals surface area (Å²) in [5, 5.41) is 6.62. The Morgan fingerprint density at radius 3 is 2.23 bits per heavy atom. The topological polar surface area (TPSA) is 150 Å². The number of carbonyl (C=O) groups excluding carboxylic acids is 2. The molecule has 0 bridgehead atoms. The lowest BCUT2D eigenvalue weighted by Gasteiger charge is -2.10. The largest absolute Gasteiger partial charge is 0.290 e. The molecule has 0 fully saturated rings. The predicted molar refractivity (Wildman–Crippen MR) is 125 cm³/mol. The summed E-state index contributed by atoms with van der Waals surface area (Å²) >= 11 is 0. The molecular formula is C23H18FN5O5S. The number of rotatable bonds is 6. The van der Waals surface area contributed by atoms with Gasteiger partial charge in [-0.2, -0.15) is 5.10 Å². The van der Waals surface area contributed by atoms with E-state index in [1.807, 2.05) is 0 Å². The number of hydrogen-bond acceptors (Lipinski definition) is 6. The van der Waals surface area contributed by atoms with Gasteiger partial charge in [0.05, 0.1) is 16.7 Å². The van der Waals surface area contributed by atoms with Crippen LogP contribution in [-0.4, -0.2) is 30.4 Å². The molecular weight excluding hydrogens is 477 g/mol. The van der Waals surface area contributed by atoms with E-state index in [1.54, 1.807) is 36.4 Å². The van der Waals surface area contributed by atoms with Crippen molar-refractivity contribution in [3.8, 4) is 0 Å². The molecule has 0 atom stereocenters. The number of fused-ring (bicyclic) bond motifs is 1. The normalized spacial score (nSPS) is 11.1. The zero-order chi connectivity index (χ0) is 25.0. The predicted octanol–water partition coefficient (Wildman–Crippen LogP) is 1.87. The molecule has 0 spiro atoms. The first-order chi connectivity index (χ1) is 16.7. The fraction of sp³-hybridized carbons (Fsp3) is 0.0435. The van der Waals surface area contributed by atoms with E-state index in [2.05, 4.69) is 25.8 Å². The third-order valence-electron chi connectivity index (χ3n) is 4.92. The average molecular weight is 495 g/mol. The molecule has 4 N–H and O–H groups in total. The van der Waals surface area contributed by atoms with E-state index in [4.69, 9.17) is 0 Å². The van der Waals surface area contributed by atoms with Crippen molar-refractivity contribution >= 4 is 38.3 Å². The summed E-state index contributed by atoms with van der Waals surface area (Å²) in [7, 11) is -3.90. The van der Waals surface area contributed by atoms with Gasteiger partial charge in [-0.1, -0.05) is 30.3 Å². The van der Waals surface area contributed by atoms with Crippen molar-refractivity contribution in [2.45, 2.75) is 11.3 Å². The fourth-order valence-electron chi connectivity index (χ4n) is 3.22. The van der Waals surface area contributed by atoms with E-state index < -0.39 is 33.2 Å². The Labute approximate surface area is 198 Å². The van der Waals surface area contributed by atoms with Crippen molar-refractivity contribution in [3.63, 3.8) is 0 Å². The number of sulfonamides is 1. The summed E-state index contributed by atoms with van der Waals surface area (Å²) < 4.78 is 40.2. The highest BCUT2D eigenvalue weighted by molar-refractivity contribution is 7.92. The minimum Gasteiger partial charge on any atom is -0.280 e. The molecule has 12 heteroatoms. The molecule has 0 aliphatic carbocycles. The first kappa shape index (κ1) is 23.6. The molecule has 0 radical (unpaired) electrons. The van der Waals surface area contributed by atoms with Crippen molar-refractivity contribution in [2.24, 2.45) is 0 Å². The van der Waals surface area contributed by atoms with Gasteiger partial charge < -0.3 is 0 Å². The van der Waals surface area contributed by atoms with Crippen LogP contribution in [-0.2, 0) is 21.2 Å². The Hall–Kier alpha value is -4.58. The minimum absolute atomic E-state index is 0.0571. The second kappa shape index (κ2) is 9.73. The molecule has 10 nitrogen and oxygen atoms in total. The van der Waals surface area contributed by atoms with Crippen LogP contribution in [0.5, 0.6) is 0 Å². The molecule has 0 aliphatic heterocycles. The van der Waals surface area contributed by atoms with Gasteiger partial charge in [0.1, 0.15) is 5.82 Å². The quantitative estimate of drug-likeness (QED) is 0.300. The molecule has 178 valence electrons. The average Bonchev–Trinajstić information content (AvgIpc) is 2.84. The Morgan fingerprint density at radius 2 is 1.54 bits per heavy atom. The maximum atomic E-state index is 13.0. The first-order valence-corrected chi connectivity index (χ1v) is 11.7. The van der Waals surface area contributed by atoms with Crippen LogP contribution in [0, 0.1) is 5.82 Å². The van der Waals surface area contributed by atoms with Crippen molar-refractivity contribution in [3.05, 3.63) is 100 Å². The smallest absolute Gasteiger partial charge is 0.280 e. The number of carbonyl (C=O) groups is 2. The van der Waals surface area contributed by atoms with E-state index in [0.29, 0.717) is 10.9 Å². The first-order valence-electron chi connectivity index (χ1n) is 10.2. The number of hydrogen-bond donors (Lipinski definition) is 4. The van der Waals surface area contributed by atoms with Crippen LogP contribution in [0.1, 0.15) is 16.1 Å². The van der Waals surface area contributed by atoms with Crippen molar-refractivity contribution < 1.29 is 22.4 Å². The fourth-order valence-corrected chi connectivity index (χ4v) is 4.28. The highest BCUT2D eigenvalue weighted by atomic mass is 32.2. The lowest BCUT2D eigenvalue weighted by atomic mass is 10.1. The number of H-pyrrole nitrogens is 1. The summed E-state index contributed by atoms with van der Waals surface area (Å²) in [6, 6.07) is 16.8. The van der Waals surface area contributed by atoms with Gasteiger partial charge in [-0.3, -0.25) is 30.0 Å². The van der Waals surface area contributed by atoms with E-state index in [1.165, 1.54) is 12.1 Å². The Balaban J connectivity index is 1.35. The van der Waals surface area contributed by atoms with Crippen molar-refractivity contribution in [2.75, 3.05) is 4.72 Å². The van der Waals surface area contributed by atoms with Gasteiger partial charge in [0, 0.05) is 11.1 Å². The number of nitrogens with zero attached hydrogens (tertiary/aromatic N) is 1. The molecule has 3 aromatic carbocycles. The number of amides is 2. The Kier molecular flexibility index (Phi) is 6.55. The summed E-state index contributed by atoms with van der Waals surface area (Å²) in [6.07, 6.45) is -0.106. The molecule has 4 rings (SSSR count). The zero-order valence-electron chi connectivity index (χ0n) is 17.9. The lowest BCUT2D eigenvalue weighted by molar-refractivity contribution is -0.121. The summed E-state index contributed by atoms with van der Waals surface area (Å²) in [6.45, 7) is 0. The van der Waals surface area contributed by atoms with E-state index in [-0.39, 0.29) is 28.1 Å². The molecule has 35 heavy (non-hydrogen) atoms. The van der Waals surface area contributed by atoms with Gasteiger partial charge in [0.15, 0.2) is 5.69 Å². The number of halogens is 1. The van der Waals surface area contributed by atoms with Gasteiger partial charge in [0.25, 0.3) is 21.5 Å². The number of anilines is 1. The Bertz CT molecular complexity index is 1570. The van der Waals surface area contributed by atoms with Crippen LogP contribution in [0.25, 0.3) is 10.8 Å². The molecule has 0 saturated heterocycles. The van der Waals surface area contributed by atoms with Gasteiger partial charge in [0.2, 0.25) is 5.91 Å². The van der Waals surface area contributed by atoms with Crippen LogP contribution in [0.4, 0.5) is 10.1 Å². The van der Waals surface area contributed by atoms with Crippen LogP contribution < -0.4 is 21.1 Å². The summed E-state index contributed by atoms with van der Waals surface area (Å²) in [4.78, 5) is 36.4. The van der Waals surface area contributed by atoms with Crippen molar-refractivity contribution in [1.82, 2.24) is 21.0 Å². The lowest BCUT2D eigenvalue weighted by Crippen LogP contribution is -2.43. The number of benzene rings is 3. The maximum absolute atomic E-state index is 13.0. The molecule has 4 aromatic rings. The SMILES string of the molecule is O=C(Cc1ccc(NS(=O)(=O)c2ccc(F)cc2)cc1)NNC(=O)c1n[nH]c(=O)c2ccccc12. The molecule has 1 heterocycles. The maximum Gasteiger partial charge on any atom is 0.290 e. The van der Waals surface area contributed by atoms with E-state index >= 15 is 0 Å².